The highest BCUT2D eigenvalue weighted by atomic mass is 32.3. The molecule has 0 atom stereocenters. The molecule has 3 aromatic rings. The number of nitrogens with one attached hydrogen (secondary N) is 1. The number of fused-ring (bicyclic) bond motifs is 2. The molecule has 1 aliphatic heterocycles. The van der Waals surface area contributed by atoms with Crippen molar-refractivity contribution >= 4 is 27.6 Å². The standard InChI is InChI=1S/C21H23N3O3S/c25-21-18-8-2-4-10-20(18)28(26,27)24(21)14-6-5-13-22-15-17-12-11-16-7-1-3-9-19(16)23-17/h1-4,7-12,22,26-27H,5-6,13-15H2. The van der Waals surface area contributed by atoms with Crippen LogP contribution in [0.5, 0.6) is 0 Å². The molecule has 2 heterocycles. The van der Waals surface area contributed by atoms with E-state index in [1.54, 1.807) is 24.3 Å². The summed E-state index contributed by atoms with van der Waals surface area (Å²) in [4.78, 5) is 17.4. The first-order valence-corrected chi connectivity index (χ1v) is 10.8. The zero-order valence-electron chi connectivity index (χ0n) is 15.4. The number of unbranched alkanes of at least 4 members (excludes halogenated alkanes) is 1. The molecular formula is C21H23N3O3S. The number of benzene rings is 2. The average Bonchev–Trinajstić information content (AvgIpc) is 2.91. The van der Waals surface area contributed by atoms with Gasteiger partial charge in [-0.05, 0) is 43.7 Å². The molecule has 1 aromatic heterocycles. The van der Waals surface area contributed by atoms with Gasteiger partial charge in [0.1, 0.15) is 0 Å². The molecule has 1 aliphatic rings. The predicted octanol–water partition coefficient (Wildman–Crippen LogP) is 4.29. The molecule has 0 unspecified atom stereocenters. The zero-order chi connectivity index (χ0) is 19.6. The number of nitrogens with zero attached hydrogens (tertiary/aromatic N) is 2. The number of pyridine rings is 1. The van der Waals surface area contributed by atoms with Crippen molar-refractivity contribution in [1.29, 1.82) is 0 Å². The Morgan fingerprint density at radius 3 is 2.61 bits per heavy atom. The quantitative estimate of drug-likeness (QED) is 0.518. The predicted molar refractivity (Wildman–Crippen MR) is 111 cm³/mol. The van der Waals surface area contributed by atoms with E-state index in [1.807, 2.05) is 30.3 Å². The first kappa shape index (κ1) is 18.9. The molecule has 6 nitrogen and oxygen atoms in total. The van der Waals surface area contributed by atoms with Gasteiger partial charge in [-0.25, -0.2) is 4.31 Å². The molecule has 28 heavy (non-hydrogen) atoms. The first-order valence-electron chi connectivity index (χ1n) is 9.32. The Labute approximate surface area is 165 Å². The number of amides is 1. The fraction of sp³-hybridized carbons (Fsp3) is 0.238. The number of para-hydroxylation sites is 1. The van der Waals surface area contributed by atoms with Crippen molar-refractivity contribution in [3.63, 3.8) is 0 Å². The molecule has 0 spiro atoms. The largest absolute Gasteiger partial charge is 0.311 e. The molecule has 0 bridgehead atoms. The maximum absolute atomic E-state index is 12.4. The summed E-state index contributed by atoms with van der Waals surface area (Å²) in [7, 11) is -3.20. The van der Waals surface area contributed by atoms with E-state index in [-0.39, 0.29) is 5.91 Å². The normalized spacial score (nSPS) is 16.4. The summed E-state index contributed by atoms with van der Waals surface area (Å²) < 4.78 is 22.1. The van der Waals surface area contributed by atoms with Gasteiger partial charge in [0.05, 0.1) is 21.7 Å². The van der Waals surface area contributed by atoms with Gasteiger partial charge in [0, 0.05) is 18.5 Å². The Kier molecular flexibility index (Phi) is 5.32. The van der Waals surface area contributed by atoms with Crippen molar-refractivity contribution in [3.05, 3.63) is 71.9 Å². The number of hydrogen-bond donors (Lipinski definition) is 3. The minimum absolute atomic E-state index is 0.302. The van der Waals surface area contributed by atoms with E-state index in [0.29, 0.717) is 30.0 Å². The molecule has 0 saturated heterocycles. The Hall–Kier alpha value is -2.45. The van der Waals surface area contributed by atoms with Gasteiger partial charge < -0.3 is 5.32 Å². The van der Waals surface area contributed by atoms with Crippen LogP contribution >= 0.6 is 10.8 Å². The fourth-order valence-electron chi connectivity index (χ4n) is 3.41. The fourth-order valence-corrected chi connectivity index (χ4v) is 5.07. The van der Waals surface area contributed by atoms with Crippen molar-refractivity contribution < 1.29 is 13.9 Å². The minimum atomic E-state index is -3.20. The monoisotopic (exact) mass is 397 g/mol. The molecule has 0 fully saturated rings. The Bertz CT molecular complexity index is 1010. The Morgan fingerprint density at radius 2 is 1.75 bits per heavy atom. The van der Waals surface area contributed by atoms with Gasteiger partial charge in [0.2, 0.25) is 0 Å². The molecule has 0 aliphatic carbocycles. The van der Waals surface area contributed by atoms with Crippen molar-refractivity contribution in [2.24, 2.45) is 0 Å². The van der Waals surface area contributed by atoms with Crippen LogP contribution in [0.25, 0.3) is 10.9 Å². The van der Waals surface area contributed by atoms with Crippen LogP contribution < -0.4 is 5.32 Å². The van der Waals surface area contributed by atoms with Gasteiger partial charge in [0.15, 0.2) is 0 Å². The lowest BCUT2D eigenvalue weighted by Gasteiger charge is -2.36. The van der Waals surface area contributed by atoms with E-state index in [9.17, 15) is 13.9 Å². The van der Waals surface area contributed by atoms with Crippen molar-refractivity contribution in [1.82, 2.24) is 14.6 Å². The number of rotatable bonds is 7. The molecule has 3 N–H and O–H groups in total. The van der Waals surface area contributed by atoms with E-state index < -0.39 is 10.8 Å². The minimum Gasteiger partial charge on any atom is -0.311 e. The van der Waals surface area contributed by atoms with Crippen molar-refractivity contribution in [3.8, 4) is 0 Å². The highest BCUT2D eigenvalue weighted by Gasteiger charge is 2.40. The SMILES string of the molecule is O=C1c2ccccc2S(O)(O)N1CCCCNCc1ccc2ccccc2n1. The lowest BCUT2D eigenvalue weighted by atomic mass is 10.2. The van der Waals surface area contributed by atoms with Gasteiger partial charge >= 0.3 is 0 Å². The van der Waals surface area contributed by atoms with Gasteiger partial charge in [-0.2, -0.15) is 0 Å². The van der Waals surface area contributed by atoms with Gasteiger partial charge in [-0.3, -0.25) is 18.9 Å². The highest BCUT2D eigenvalue weighted by Crippen LogP contribution is 2.58. The van der Waals surface area contributed by atoms with Gasteiger partial charge in [-0.1, -0.05) is 47.2 Å². The molecule has 146 valence electrons. The van der Waals surface area contributed by atoms with Crippen molar-refractivity contribution in [2.75, 3.05) is 13.1 Å². The molecule has 2 aromatic carbocycles. The van der Waals surface area contributed by atoms with Gasteiger partial charge in [0.25, 0.3) is 5.91 Å². The first-order chi connectivity index (χ1) is 13.6. The summed E-state index contributed by atoms with van der Waals surface area (Å²) in [5.74, 6) is -0.302. The number of aromatic nitrogens is 1. The third-order valence-electron chi connectivity index (χ3n) is 4.87. The van der Waals surface area contributed by atoms with E-state index in [0.717, 1.165) is 29.6 Å². The third-order valence-corrected chi connectivity index (χ3v) is 6.78. The maximum Gasteiger partial charge on any atom is 0.274 e. The van der Waals surface area contributed by atoms with Crippen LogP contribution in [0.4, 0.5) is 0 Å². The third kappa shape index (κ3) is 3.62. The van der Waals surface area contributed by atoms with Crippen LogP contribution in [0.15, 0.2) is 65.6 Å². The molecule has 0 saturated carbocycles. The molecule has 4 rings (SSSR count). The van der Waals surface area contributed by atoms with Crippen LogP contribution in [0, 0.1) is 0 Å². The smallest absolute Gasteiger partial charge is 0.274 e. The second-order valence-corrected chi connectivity index (χ2v) is 8.72. The Balaban J connectivity index is 1.24. The molecule has 1 amide bonds. The van der Waals surface area contributed by atoms with Crippen LogP contribution in [0.2, 0.25) is 0 Å². The van der Waals surface area contributed by atoms with Gasteiger partial charge in [-0.15, -0.1) is 0 Å². The summed E-state index contributed by atoms with van der Waals surface area (Å²) in [5, 5.41) is 4.48. The van der Waals surface area contributed by atoms with Crippen molar-refractivity contribution in [2.45, 2.75) is 24.3 Å². The molecule has 0 radical (unpaired) electrons. The van der Waals surface area contributed by atoms with E-state index in [2.05, 4.69) is 16.4 Å². The zero-order valence-corrected chi connectivity index (χ0v) is 16.2. The summed E-state index contributed by atoms with van der Waals surface area (Å²) in [6.45, 7) is 1.77. The number of carbonyl (C=O) groups is 1. The molecular weight excluding hydrogens is 374 g/mol. The summed E-state index contributed by atoms with van der Waals surface area (Å²) >= 11 is 0. The summed E-state index contributed by atoms with van der Waals surface area (Å²) in [6, 6.07) is 18.8. The van der Waals surface area contributed by atoms with Crippen LogP contribution in [-0.4, -0.2) is 37.4 Å². The van der Waals surface area contributed by atoms with E-state index in [1.165, 1.54) is 4.31 Å². The maximum atomic E-state index is 12.4. The second kappa shape index (κ2) is 7.89. The van der Waals surface area contributed by atoms with Crippen LogP contribution in [-0.2, 0) is 6.54 Å². The second-order valence-electron chi connectivity index (χ2n) is 6.80. The Morgan fingerprint density at radius 1 is 0.964 bits per heavy atom. The van der Waals surface area contributed by atoms with E-state index in [4.69, 9.17) is 0 Å². The summed E-state index contributed by atoms with van der Waals surface area (Å²) in [6.07, 6.45) is 1.51. The average molecular weight is 398 g/mol. The van der Waals surface area contributed by atoms with E-state index >= 15 is 0 Å². The lowest BCUT2D eigenvalue weighted by molar-refractivity contribution is 0.0861. The number of hydrogen-bond acceptors (Lipinski definition) is 5. The van der Waals surface area contributed by atoms with Crippen LogP contribution in [0.1, 0.15) is 28.9 Å². The summed E-state index contributed by atoms with van der Waals surface area (Å²) in [5.41, 5.74) is 2.36. The molecule has 7 heteroatoms. The van der Waals surface area contributed by atoms with Crippen LogP contribution in [0.3, 0.4) is 0 Å². The highest BCUT2D eigenvalue weighted by molar-refractivity contribution is 8.23. The topological polar surface area (TPSA) is 85.7 Å². The number of carbonyl (C=O) groups excluding carboxylic acids is 1. The lowest BCUT2D eigenvalue weighted by Crippen LogP contribution is -2.29.